The number of hydrogen-bond acceptors (Lipinski definition) is 3. The molecule has 4 heteroatoms. The zero-order valence-corrected chi connectivity index (χ0v) is 13.8. The lowest BCUT2D eigenvalue weighted by Gasteiger charge is -2.05. The molecule has 0 saturated heterocycles. The van der Waals surface area contributed by atoms with Crippen molar-refractivity contribution < 1.29 is 9.15 Å². The average Bonchev–Trinajstić information content (AvgIpc) is 3.23. The minimum atomic E-state index is 0.506. The highest BCUT2D eigenvalue weighted by atomic mass is 79.9. The van der Waals surface area contributed by atoms with Crippen molar-refractivity contribution in [3.63, 3.8) is 0 Å². The lowest BCUT2D eigenvalue weighted by molar-refractivity contribution is 0.0916. The number of halogens is 1. The smallest absolute Gasteiger partial charge is 0.130 e. The summed E-state index contributed by atoms with van der Waals surface area (Å²) >= 11 is 3.53. The molecule has 1 aliphatic carbocycles. The highest BCUT2D eigenvalue weighted by Gasteiger charge is 2.21. The summed E-state index contributed by atoms with van der Waals surface area (Å²) in [5.41, 5.74) is 2.35. The van der Waals surface area contributed by atoms with Gasteiger partial charge in [0.2, 0.25) is 0 Å². The molecule has 1 aromatic carbocycles. The predicted molar refractivity (Wildman–Crippen MR) is 85.9 cm³/mol. The second-order valence-corrected chi connectivity index (χ2v) is 6.41. The number of benzene rings is 1. The number of ether oxygens (including phenoxy) is 1. The fraction of sp³-hybridized carbons (Fsp3) is 0.412. The number of rotatable bonds is 7. The van der Waals surface area contributed by atoms with Gasteiger partial charge in [-0.15, -0.1) is 0 Å². The molecule has 2 aromatic rings. The van der Waals surface area contributed by atoms with E-state index in [1.165, 1.54) is 18.4 Å². The maximum atomic E-state index is 5.86. The third-order valence-corrected chi connectivity index (χ3v) is 4.43. The van der Waals surface area contributed by atoms with Crippen LogP contribution in [0, 0.1) is 6.92 Å². The van der Waals surface area contributed by atoms with Crippen LogP contribution in [-0.4, -0.2) is 6.04 Å². The standard InChI is InChI=1S/C17H20BrNO2/c1-12-8-15(21-17(12)9-19-14-6-7-14)11-20-10-13-4-2-3-5-16(13)18/h2-5,8,14,19H,6-7,9-11H2,1H3. The highest BCUT2D eigenvalue weighted by molar-refractivity contribution is 9.10. The molecule has 112 valence electrons. The van der Waals surface area contributed by atoms with Crippen molar-refractivity contribution in [2.45, 2.75) is 45.6 Å². The zero-order valence-electron chi connectivity index (χ0n) is 12.2. The first-order chi connectivity index (χ1) is 10.2. The number of hydrogen-bond donors (Lipinski definition) is 1. The summed E-state index contributed by atoms with van der Waals surface area (Å²) in [4.78, 5) is 0. The van der Waals surface area contributed by atoms with Crippen LogP contribution in [0.25, 0.3) is 0 Å². The summed E-state index contributed by atoms with van der Waals surface area (Å²) in [7, 11) is 0. The molecule has 1 heterocycles. The normalized spacial score (nSPS) is 14.6. The van der Waals surface area contributed by atoms with Crippen LogP contribution in [0.15, 0.2) is 39.2 Å². The first kappa shape index (κ1) is 14.8. The van der Waals surface area contributed by atoms with Gasteiger partial charge in [-0.1, -0.05) is 34.1 Å². The third kappa shape index (κ3) is 4.19. The van der Waals surface area contributed by atoms with Crippen LogP contribution in [0.1, 0.15) is 35.5 Å². The molecule has 0 bridgehead atoms. The quantitative estimate of drug-likeness (QED) is 0.808. The summed E-state index contributed by atoms with van der Waals surface area (Å²) < 4.78 is 12.7. The van der Waals surface area contributed by atoms with Gasteiger partial charge in [-0.25, -0.2) is 0 Å². The largest absolute Gasteiger partial charge is 0.462 e. The van der Waals surface area contributed by atoms with Crippen molar-refractivity contribution in [3.8, 4) is 0 Å². The molecule has 1 aliphatic rings. The Hall–Kier alpha value is -1.10. The maximum absolute atomic E-state index is 5.86. The first-order valence-electron chi connectivity index (χ1n) is 7.35. The molecule has 0 atom stereocenters. The monoisotopic (exact) mass is 349 g/mol. The van der Waals surface area contributed by atoms with Crippen LogP contribution in [-0.2, 0) is 24.5 Å². The van der Waals surface area contributed by atoms with E-state index < -0.39 is 0 Å². The van der Waals surface area contributed by atoms with Gasteiger partial charge in [0.1, 0.15) is 18.1 Å². The van der Waals surface area contributed by atoms with Gasteiger partial charge in [0.25, 0.3) is 0 Å². The van der Waals surface area contributed by atoms with Gasteiger partial charge in [0, 0.05) is 10.5 Å². The summed E-state index contributed by atoms with van der Waals surface area (Å²) in [5, 5.41) is 3.48. The van der Waals surface area contributed by atoms with Crippen LogP contribution in [0.3, 0.4) is 0 Å². The second-order valence-electron chi connectivity index (χ2n) is 5.56. The molecular weight excluding hydrogens is 330 g/mol. The molecule has 0 aliphatic heterocycles. The van der Waals surface area contributed by atoms with E-state index in [1.807, 2.05) is 18.2 Å². The van der Waals surface area contributed by atoms with Gasteiger partial charge in [0.15, 0.2) is 0 Å². The molecule has 1 N–H and O–H groups in total. The van der Waals surface area contributed by atoms with E-state index in [0.29, 0.717) is 19.3 Å². The van der Waals surface area contributed by atoms with E-state index in [2.05, 4.69) is 40.3 Å². The maximum Gasteiger partial charge on any atom is 0.130 e. The molecule has 1 fully saturated rings. The van der Waals surface area contributed by atoms with E-state index in [4.69, 9.17) is 9.15 Å². The summed E-state index contributed by atoms with van der Waals surface area (Å²) in [6, 6.07) is 10.9. The van der Waals surface area contributed by atoms with E-state index in [-0.39, 0.29) is 0 Å². The minimum absolute atomic E-state index is 0.506. The Morgan fingerprint density at radius 1 is 1.29 bits per heavy atom. The van der Waals surface area contributed by atoms with Crippen molar-refractivity contribution in [1.29, 1.82) is 0 Å². The molecule has 0 spiro atoms. The molecule has 0 unspecified atom stereocenters. The zero-order chi connectivity index (χ0) is 14.7. The van der Waals surface area contributed by atoms with Crippen LogP contribution < -0.4 is 5.32 Å². The fourth-order valence-corrected chi connectivity index (χ4v) is 2.64. The summed E-state index contributed by atoms with van der Waals surface area (Å²) in [6.07, 6.45) is 2.59. The number of aryl methyl sites for hydroxylation is 1. The number of furan rings is 1. The average molecular weight is 350 g/mol. The lowest BCUT2D eigenvalue weighted by Crippen LogP contribution is -2.15. The molecular formula is C17H20BrNO2. The van der Waals surface area contributed by atoms with E-state index in [0.717, 1.165) is 28.1 Å². The Morgan fingerprint density at radius 3 is 2.86 bits per heavy atom. The molecule has 1 saturated carbocycles. The van der Waals surface area contributed by atoms with Crippen LogP contribution >= 0.6 is 15.9 Å². The van der Waals surface area contributed by atoms with Gasteiger partial charge in [-0.2, -0.15) is 0 Å². The molecule has 3 rings (SSSR count). The predicted octanol–water partition coefficient (Wildman–Crippen LogP) is 4.32. The van der Waals surface area contributed by atoms with Crippen molar-refractivity contribution in [2.75, 3.05) is 0 Å². The molecule has 3 nitrogen and oxygen atoms in total. The first-order valence-corrected chi connectivity index (χ1v) is 8.14. The lowest BCUT2D eigenvalue weighted by atomic mass is 10.2. The summed E-state index contributed by atoms with van der Waals surface area (Å²) in [6.45, 7) is 3.99. The Balaban J connectivity index is 1.50. The van der Waals surface area contributed by atoms with Crippen LogP contribution in [0.5, 0.6) is 0 Å². The minimum Gasteiger partial charge on any atom is -0.462 e. The van der Waals surface area contributed by atoms with Gasteiger partial charge < -0.3 is 14.5 Å². The van der Waals surface area contributed by atoms with Crippen molar-refractivity contribution in [2.24, 2.45) is 0 Å². The van der Waals surface area contributed by atoms with Gasteiger partial charge in [-0.05, 0) is 43.0 Å². The number of nitrogens with one attached hydrogen (secondary N) is 1. The topological polar surface area (TPSA) is 34.4 Å². The van der Waals surface area contributed by atoms with Gasteiger partial charge in [-0.3, -0.25) is 0 Å². The van der Waals surface area contributed by atoms with Gasteiger partial charge in [0.05, 0.1) is 13.2 Å². The Kier molecular flexibility index (Phi) is 4.78. The molecule has 0 amide bonds. The molecule has 0 radical (unpaired) electrons. The van der Waals surface area contributed by atoms with Gasteiger partial charge >= 0.3 is 0 Å². The third-order valence-electron chi connectivity index (χ3n) is 3.66. The van der Waals surface area contributed by atoms with Crippen molar-refractivity contribution in [3.05, 3.63) is 57.5 Å². The Bertz CT molecular complexity index is 605. The Labute approximate surface area is 133 Å². The van der Waals surface area contributed by atoms with Crippen molar-refractivity contribution in [1.82, 2.24) is 5.32 Å². The van der Waals surface area contributed by atoms with E-state index >= 15 is 0 Å². The Morgan fingerprint density at radius 2 is 2.10 bits per heavy atom. The molecule has 21 heavy (non-hydrogen) atoms. The SMILES string of the molecule is Cc1cc(COCc2ccccc2Br)oc1CNC1CC1. The fourth-order valence-electron chi connectivity index (χ4n) is 2.24. The van der Waals surface area contributed by atoms with Crippen molar-refractivity contribution >= 4 is 15.9 Å². The van der Waals surface area contributed by atoms with Crippen LogP contribution in [0.2, 0.25) is 0 Å². The van der Waals surface area contributed by atoms with E-state index in [9.17, 15) is 0 Å². The van der Waals surface area contributed by atoms with Crippen LogP contribution in [0.4, 0.5) is 0 Å². The second kappa shape index (κ2) is 6.77. The highest BCUT2D eigenvalue weighted by Crippen LogP contribution is 2.22. The summed E-state index contributed by atoms with van der Waals surface area (Å²) in [5.74, 6) is 1.92. The molecule has 1 aromatic heterocycles. The van der Waals surface area contributed by atoms with E-state index in [1.54, 1.807) is 0 Å².